The fraction of sp³-hybridized carbons (Fsp3) is 0.167. The lowest BCUT2D eigenvalue weighted by molar-refractivity contribution is -0.136. The summed E-state index contributed by atoms with van der Waals surface area (Å²) in [5.74, 6) is -1.22. The maximum absolute atomic E-state index is 12.3. The number of nitrogen functional groups attached to an aromatic ring is 1. The zero-order valence-electron chi connectivity index (χ0n) is 13.1. The van der Waals surface area contributed by atoms with Crippen LogP contribution in [-0.4, -0.2) is 22.8 Å². The van der Waals surface area contributed by atoms with Gasteiger partial charge < -0.3 is 16.2 Å². The van der Waals surface area contributed by atoms with Gasteiger partial charge in [-0.15, -0.1) is 0 Å². The Hall–Kier alpha value is -3.15. The first kappa shape index (κ1) is 17.2. The summed E-state index contributed by atoms with van der Waals surface area (Å²) in [5, 5.41) is 19.0. The molecule has 0 saturated carbocycles. The van der Waals surface area contributed by atoms with Gasteiger partial charge in [0, 0.05) is 24.1 Å². The van der Waals surface area contributed by atoms with Crippen molar-refractivity contribution in [3.8, 4) is 0 Å². The molecule has 0 bridgehead atoms. The predicted molar refractivity (Wildman–Crippen MR) is 91.0 cm³/mol. The number of rotatable bonds is 7. The van der Waals surface area contributed by atoms with Crippen LogP contribution in [0.25, 0.3) is 0 Å². The molecule has 2 aromatic rings. The molecular formula is C18H19N3O3. The first-order valence-corrected chi connectivity index (χ1v) is 7.48. The van der Waals surface area contributed by atoms with Gasteiger partial charge in [0.05, 0.1) is 0 Å². The molecule has 0 aliphatic carbocycles. The van der Waals surface area contributed by atoms with Crippen LogP contribution in [0.2, 0.25) is 0 Å². The molecule has 6 heteroatoms. The van der Waals surface area contributed by atoms with Crippen molar-refractivity contribution in [3.63, 3.8) is 0 Å². The van der Waals surface area contributed by atoms with Gasteiger partial charge >= 0.3 is 5.97 Å². The minimum atomic E-state index is -0.852. The van der Waals surface area contributed by atoms with Crippen molar-refractivity contribution < 1.29 is 14.7 Å². The molecule has 0 atom stereocenters. The standard InChI is InChI=1S/C18H19N3O3/c19-17(20)13-6-3-7-14(10-13)18(24)21-11-15-5-2-1-4-12(15)8-9-16(22)23/h1-7,10H,8-9,11H2,(H3,19,20)(H,21,24)(H,22,23). The van der Waals surface area contributed by atoms with E-state index in [1.165, 1.54) is 0 Å². The van der Waals surface area contributed by atoms with Crippen molar-refractivity contribution in [2.75, 3.05) is 0 Å². The third kappa shape index (κ3) is 4.67. The Bertz CT molecular complexity index is 772. The number of benzene rings is 2. The third-order valence-electron chi connectivity index (χ3n) is 3.60. The van der Waals surface area contributed by atoms with Gasteiger partial charge in [0.25, 0.3) is 5.91 Å². The summed E-state index contributed by atoms with van der Waals surface area (Å²) in [5.41, 5.74) is 8.13. The number of amidine groups is 1. The third-order valence-corrected chi connectivity index (χ3v) is 3.60. The first-order valence-electron chi connectivity index (χ1n) is 7.48. The SMILES string of the molecule is N=C(N)c1cccc(C(=O)NCc2ccccc2CCC(=O)O)c1. The molecule has 0 spiro atoms. The second kappa shape index (κ2) is 7.92. The fourth-order valence-corrected chi connectivity index (χ4v) is 2.32. The van der Waals surface area contributed by atoms with Gasteiger partial charge in [0.2, 0.25) is 0 Å². The molecule has 6 nitrogen and oxygen atoms in total. The average molecular weight is 325 g/mol. The van der Waals surface area contributed by atoms with E-state index in [1.54, 1.807) is 24.3 Å². The summed E-state index contributed by atoms with van der Waals surface area (Å²) in [4.78, 5) is 23.0. The van der Waals surface area contributed by atoms with E-state index in [4.69, 9.17) is 16.2 Å². The van der Waals surface area contributed by atoms with Crippen molar-refractivity contribution in [2.45, 2.75) is 19.4 Å². The van der Waals surface area contributed by atoms with Gasteiger partial charge in [-0.1, -0.05) is 36.4 Å². The summed E-state index contributed by atoms with van der Waals surface area (Å²) in [7, 11) is 0. The van der Waals surface area contributed by atoms with E-state index < -0.39 is 5.97 Å². The van der Waals surface area contributed by atoms with Crippen molar-refractivity contribution in [1.29, 1.82) is 5.41 Å². The van der Waals surface area contributed by atoms with Gasteiger partial charge in [-0.2, -0.15) is 0 Å². The highest BCUT2D eigenvalue weighted by Gasteiger charge is 2.09. The zero-order valence-corrected chi connectivity index (χ0v) is 13.1. The molecule has 5 N–H and O–H groups in total. The van der Waals surface area contributed by atoms with Crippen LogP contribution in [0.4, 0.5) is 0 Å². The number of hydrogen-bond donors (Lipinski definition) is 4. The summed E-state index contributed by atoms with van der Waals surface area (Å²) in [6.07, 6.45) is 0.465. The number of aryl methyl sites for hydroxylation is 1. The molecule has 0 aromatic heterocycles. The normalized spacial score (nSPS) is 10.2. The maximum Gasteiger partial charge on any atom is 0.303 e. The molecule has 2 aromatic carbocycles. The average Bonchev–Trinajstić information content (AvgIpc) is 2.58. The largest absolute Gasteiger partial charge is 0.481 e. The van der Waals surface area contributed by atoms with Crippen LogP contribution in [0.1, 0.15) is 33.5 Å². The summed E-state index contributed by atoms with van der Waals surface area (Å²) >= 11 is 0. The Labute approximate surface area is 139 Å². The van der Waals surface area contributed by atoms with Crippen LogP contribution >= 0.6 is 0 Å². The number of carboxylic acid groups (broad SMARTS) is 1. The van der Waals surface area contributed by atoms with Crippen LogP contribution in [0.3, 0.4) is 0 Å². The van der Waals surface area contributed by atoms with Crippen LogP contribution in [-0.2, 0) is 17.8 Å². The Morgan fingerprint density at radius 1 is 1.04 bits per heavy atom. The fourth-order valence-electron chi connectivity index (χ4n) is 2.32. The molecule has 0 saturated heterocycles. The Morgan fingerprint density at radius 2 is 1.71 bits per heavy atom. The highest BCUT2D eigenvalue weighted by atomic mass is 16.4. The number of aliphatic carboxylic acids is 1. The molecule has 2 rings (SSSR count). The van der Waals surface area contributed by atoms with Crippen molar-refractivity contribution in [1.82, 2.24) is 5.32 Å². The quantitative estimate of drug-likeness (QED) is 0.459. The molecule has 0 radical (unpaired) electrons. The van der Waals surface area contributed by atoms with Gasteiger partial charge in [0.1, 0.15) is 5.84 Å². The Morgan fingerprint density at radius 3 is 2.38 bits per heavy atom. The van der Waals surface area contributed by atoms with Crippen LogP contribution < -0.4 is 11.1 Å². The van der Waals surface area contributed by atoms with Gasteiger partial charge in [-0.25, -0.2) is 0 Å². The monoisotopic (exact) mass is 325 g/mol. The first-order chi connectivity index (χ1) is 11.5. The molecule has 0 heterocycles. The number of nitrogens with one attached hydrogen (secondary N) is 2. The Balaban J connectivity index is 2.05. The minimum Gasteiger partial charge on any atom is -0.481 e. The zero-order chi connectivity index (χ0) is 17.5. The van der Waals surface area contributed by atoms with E-state index in [0.717, 1.165) is 11.1 Å². The van der Waals surface area contributed by atoms with E-state index in [9.17, 15) is 9.59 Å². The lowest BCUT2D eigenvalue weighted by atomic mass is 10.0. The van der Waals surface area contributed by atoms with E-state index in [2.05, 4.69) is 5.32 Å². The highest BCUT2D eigenvalue weighted by Crippen LogP contribution is 2.12. The molecule has 0 unspecified atom stereocenters. The van der Waals surface area contributed by atoms with Crippen molar-refractivity contribution in [2.24, 2.45) is 5.73 Å². The van der Waals surface area contributed by atoms with Crippen molar-refractivity contribution >= 4 is 17.7 Å². The molecule has 0 aliphatic heterocycles. The molecule has 0 fully saturated rings. The number of carbonyl (C=O) groups excluding carboxylic acids is 1. The number of carbonyl (C=O) groups is 2. The predicted octanol–water partition coefficient (Wildman–Crippen LogP) is 1.92. The van der Waals surface area contributed by atoms with Gasteiger partial charge in [-0.3, -0.25) is 15.0 Å². The van der Waals surface area contributed by atoms with Crippen LogP contribution in [0.5, 0.6) is 0 Å². The highest BCUT2D eigenvalue weighted by molar-refractivity contribution is 6.00. The number of hydrogen-bond acceptors (Lipinski definition) is 3. The van der Waals surface area contributed by atoms with Crippen LogP contribution in [0.15, 0.2) is 48.5 Å². The topological polar surface area (TPSA) is 116 Å². The van der Waals surface area contributed by atoms with E-state index in [0.29, 0.717) is 24.1 Å². The summed E-state index contributed by atoms with van der Waals surface area (Å²) < 4.78 is 0. The smallest absolute Gasteiger partial charge is 0.303 e. The number of amides is 1. The lowest BCUT2D eigenvalue weighted by Gasteiger charge is -2.10. The minimum absolute atomic E-state index is 0.0472. The van der Waals surface area contributed by atoms with E-state index in [1.807, 2.05) is 24.3 Å². The molecule has 124 valence electrons. The van der Waals surface area contributed by atoms with Gasteiger partial charge in [-0.05, 0) is 29.7 Å². The Kier molecular flexibility index (Phi) is 5.68. The lowest BCUT2D eigenvalue weighted by Crippen LogP contribution is -2.24. The summed E-state index contributed by atoms with van der Waals surface area (Å²) in [6, 6.07) is 14.0. The van der Waals surface area contributed by atoms with E-state index >= 15 is 0 Å². The van der Waals surface area contributed by atoms with Gasteiger partial charge in [0.15, 0.2) is 0 Å². The van der Waals surface area contributed by atoms with Crippen LogP contribution in [0, 0.1) is 5.41 Å². The molecule has 0 aliphatic rings. The maximum atomic E-state index is 12.3. The van der Waals surface area contributed by atoms with Crippen molar-refractivity contribution in [3.05, 3.63) is 70.8 Å². The number of nitrogens with two attached hydrogens (primary N) is 1. The molecule has 1 amide bonds. The van der Waals surface area contributed by atoms with E-state index in [-0.39, 0.29) is 18.2 Å². The second-order valence-electron chi connectivity index (χ2n) is 5.34. The summed E-state index contributed by atoms with van der Waals surface area (Å²) in [6.45, 7) is 0.304. The molecular weight excluding hydrogens is 306 g/mol. The second-order valence-corrected chi connectivity index (χ2v) is 5.34. The number of carboxylic acids is 1. The molecule has 24 heavy (non-hydrogen) atoms.